The number of pyridine rings is 1. The normalized spacial score (nSPS) is 17.5. The van der Waals surface area contributed by atoms with Crippen LogP contribution in [0.3, 0.4) is 0 Å². The van der Waals surface area contributed by atoms with Gasteiger partial charge in [-0.05, 0) is 58.8 Å². The summed E-state index contributed by atoms with van der Waals surface area (Å²) in [4.78, 5) is 11.3. The molecule has 0 saturated carbocycles. The fraction of sp³-hybridized carbons (Fsp3) is 0.562. The molecule has 0 aromatic carbocycles. The van der Waals surface area contributed by atoms with Crippen molar-refractivity contribution >= 4 is 0 Å². The molecule has 1 fully saturated rings. The molecular formula is C16H22N4O. The van der Waals surface area contributed by atoms with Gasteiger partial charge in [0.1, 0.15) is 0 Å². The first-order chi connectivity index (χ1) is 10.1. The van der Waals surface area contributed by atoms with Gasteiger partial charge in [-0.25, -0.2) is 0 Å². The molecule has 1 aliphatic heterocycles. The van der Waals surface area contributed by atoms with Gasteiger partial charge >= 0.3 is 0 Å². The lowest BCUT2D eigenvalue weighted by molar-refractivity contribution is 0.168. The van der Waals surface area contributed by atoms with E-state index in [-0.39, 0.29) is 0 Å². The van der Waals surface area contributed by atoms with Gasteiger partial charge in [0.15, 0.2) is 5.82 Å². The Morgan fingerprint density at radius 2 is 2.00 bits per heavy atom. The lowest BCUT2D eigenvalue weighted by atomic mass is 9.95. The summed E-state index contributed by atoms with van der Waals surface area (Å²) in [5.41, 5.74) is 1.87. The molecule has 5 heteroatoms. The Hall–Kier alpha value is -1.75. The number of piperidine rings is 1. The third-order valence-electron chi connectivity index (χ3n) is 4.23. The maximum atomic E-state index is 5.40. The van der Waals surface area contributed by atoms with E-state index in [1.807, 2.05) is 19.1 Å². The van der Waals surface area contributed by atoms with Crippen molar-refractivity contribution in [2.45, 2.75) is 45.6 Å². The quantitative estimate of drug-likeness (QED) is 0.868. The molecule has 0 aliphatic carbocycles. The lowest BCUT2D eigenvalue weighted by Gasteiger charge is -2.33. The van der Waals surface area contributed by atoms with Gasteiger partial charge in [0.25, 0.3) is 5.89 Å². The fourth-order valence-corrected chi connectivity index (χ4v) is 2.79. The summed E-state index contributed by atoms with van der Waals surface area (Å²) in [5.74, 6) is 1.83. The molecule has 21 heavy (non-hydrogen) atoms. The van der Waals surface area contributed by atoms with E-state index in [1.54, 1.807) is 6.20 Å². The average Bonchev–Trinajstić information content (AvgIpc) is 2.98. The van der Waals surface area contributed by atoms with Crippen LogP contribution in [0.1, 0.15) is 44.1 Å². The largest absolute Gasteiger partial charge is 0.334 e. The number of rotatable bonds is 3. The summed E-state index contributed by atoms with van der Waals surface area (Å²) in [7, 11) is 0. The first kappa shape index (κ1) is 14.2. The number of hydrogen-bond donors (Lipinski definition) is 0. The molecule has 0 bridgehead atoms. The standard InChI is InChI=1S/C16H22N4O/c1-11(2)20-8-6-13(7-9-20)15-18-16(21-19-15)14-5-4-12(3)17-10-14/h4-5,10-11,13H,6-9H2,1-3H3. The number of likely N-dealkylation sites (tertiary alicyclic amines) is 1. The highest BCUT2D eigenvalue weighted by Gasteiger charge is 2.25. The highest BCUT2D eigenvalue weighted by Crippen LogP contribution is 2.28. The van der Waals surface area contributed by atoms with Crippen LogP contribution in [-0.4, -0.2) is 39.2 Å². The van der Waals surface area contributed by atoms with Crippen molar-refractivity contribution in [1.29, 1.82) is 0 Å². The highest BCUT2D eigenvalue weighted by atomic mass is 16.5. The molecule has 0 atom stereocenters. The minimum absolute atomic E-state index is 0.413. The van der Waals surface area contributed by atoms with Gasteiger partial charge in [0.2, 0.25) is 0 Å². The minimum atomic E-state index is 0.413. The van der Waals surface area contributed by atoms with Gasteiger partial charge < -0.3 is 9.42 Å². The Morgan fingerprint density at radius 1 is 1.24 bits per heavy atom. The Kier molecular flexibility index (Phi) is 4.01. The zero-order chi connectivity index (χ0) is 14.8. The van der Waals surface area contributed by atoms with Crippen molar-refractivity contribution in [1.82, 2.24) is 20.0 Å². The molecule has 3 heterocycles. The third-order valence-corrected chi connectivity index (χ3v) is 4.23. The SMILES string of the molecule is Cc1ccc(-c2nc(C3CCN(C(C)C)CC3)no2)cn1. The molecule has 2 aromatic heterocycles. The molecule has 112 valence electrons. The van der Waals surface area contributed by atoms with E-state index < -0.39 is 0 Å². The zero-order valence-electron chi connectivity index (χ0n) is 12.9. The monoisotopic (exact) mass is 286 g/mol. The van der Waals surface area contributed by atoms with Gasteiger partial charge in [-0.15, -0.1) is 0 Å². The summed E-state index contributed by atoms with van der Waals surface area (Å²) in [5, 5.41) is 4.18. The molecule has 0 spiro atoms. The van der Waals surface area contributed by atoms with Crippen molar-refractivity contribution in [2.24, 2.45) is 0 Å². The fourth-order valence-electron chi connectivity index (χ4n) is 2.79. The number of hydrogen-bond acceptors (Lipinski definition) is 5. The van der Waals surface area contributed by atoms with Gasteiger partial charge in [-0.1, -0.05) is 5.16 Å². The lowest BCUT2D eigenvalue weighted by Crippen LogP contribution is -2.38. The van der Waals surface area contributed by atoms with Crippen LogP contribution < -0.4 is 0 Å². The summed E-state index contributed by atoms with van der Waals surface area (Å²) < 4.78 is 5.40. The maximum Gasteiger partial charge on any atom is 0.259 e. The molecule has 1 aliphatic rings. The average molecular weight is 286 g/mol. The van der Waals surface area contributed by atoms with Crippen molar-refractivity contribution in [3.05, 3.63) is 29.8 Å². The molecule has 0 radical (unpaired) electrons. The topological polar surface area (TPSA) is 55.1 Å². The van der Waals surface area contributed by atoms with Crippen LogP contribution in [-0.2, 0) is 0 Å². The van der Waals surface area contributed by atoms with E-state index in [1.165, 1.54) is 0 Å². The summed E-state index contributed by atoms with van der Waals surface area (Å²) >= 11 is 0. The summed E-state index contributed by atoms with van der Waals surface area (Å²) in [6.07, 6.45) is 3.99. The smallest absolute Gasteiger partial charge is 0.259 e. The van der Waals surface area contributed by atoms with Gasteiger partial charge in [0, 0.05) is 23.9 Å². The van der Waals surface area contributed by atoms with E-state index in [4.69, 9.17) is 4.52 Å². The zero-order valence-corrected chi connectivity index (χ0v) is 12.9. The second kappa shape index (κ2) is 5.93. The van der Waals surface area contributed by atoms with Crippen LogP contribution in [0, 0.1) is 6.92 Å². The van der Waals surface area contributed by atoms with E-state index in [2.05, 4.69) is 33.9 Å². The maximum absolute atomic E-state index is 5.40. The Labute approximate surface area is 125 Å². The molecule has 3 rings (SSSR count). The second-order valence-electron chi connectivity index (χ2n) is 6.05. The molecule has 0 amide bonds. The van der Waals surface area contributed by atoms with Crippen molar-refractivity contribution < 1.29 is 4.52 Å². The number of aromatic nitrogens is 3. The van der Waals surface area contributed by atoms with Crippen LogP contribution in [0.25, 0.3) is 11.5 Å². The summed E-state index contributed by atoms with van der Waals surface area (Å²) in [6, 6.07) is 4.55. The minimum Gasteiger partial charge on any atom is -0.334 e. The third kappa shape index (κ3) is 3.13. The number of aryl methyl sites for hydroxylation is 1. The Balaban J connectivity index is 1.70. The first-order valence-electron chi connectivity index (χ1n) is 7.64. The highest BCUT2D eigenvalue weighted by molar-refractivity contribution is 5.50. The van der Waals surface area contributed by atoms with Crippen LogP contribution in [0.4, 0.5) is 0 Å². The van der Waals surface area contributed by atoms with Gasteiger partial charge in [0.05, 0.1) is 5.56 Å². The van der Waals surface area contributed by atoms with E-state index in [0.29, 0.717) is 17.9 Å². The molecule has 0 unspecified atom stereocenters. The van der Waals surface area contributed by atoms with Gasteiger partial charge in [-0.2, -0.15) is 4.98 Å². The van der Waals surface area contributed by atoms with Crippen LogP contribution in [0.5, 0.6) is 0 Å². The van der Waals surface area contributed by atoms with Crippen molar-refractivity contribution in [3.8, 4) is 11.5 Å². The predicted octanol–water partition coefficient (Wildman–Crippen LogP) is 3.03. The first-order valence-corrected chi connectivity index (χ1v) is 7.64. The molecule has 0 N–H and O–H groups in total. The van der Waals surface area contributed by atoms with Crippen LogP contribution in [0.2, 0.25) is 0 Å². The predicted molar refractivity (Wildman–Crippen MR) is 81.0 cm³/mol. The van der Waals surface area contributed by atoms with Gasteiger partial charge in [-0.3, -0.25) is 4.98 Å². The van der Waals surface area contributed by atoms with Crippen molar-refractivity contribution in [2.75, 3.05) is 13.1 Å². The molecule has 2 aromatic rings. The van der Waals surface area contributed by atoms with Crippen molar-refractivity contribution in [3.63, 3.8) is 0 Å². The second-order valence-corrected chi connectivity index (χ2v) is 6.05. The summed E-state index contributed by atoms with van der Waals surface area (Å²) in [6.45, 7) is 8.68. The molecule has 5 nitrogen and oxygen atoms in total. The Bertz CT molecular complexity index is 583. The Morgan fingerprint density at radius 3 is 2.62 bits per heavy atom. The van der Waals surface area contributed by atoms with E-state index >= 15 is 0 Å². The number of nitrogens with zero attached hydrogens (tertiary/aromatic N) is 4. The van der Waals surface area contributed by atoms with Crippen LogP contribution >= 0.6 is 0 Å². The van der Waals surface area contributed by atoms with E-state index in [9.17, 15) is 0 Å². The van der Waals surface area contributed by atoms with Crippen LogP contribution in [0.15, 0.2) is 22.9 Å². The molecule has 1 saturated heterocycles. The van der Waals surface area contributed by atoms with E-state index in [0.717, 1.165) is 43.0 Å². The molecular weight excluding hydrogens is 264 g/mol.